The second-order valence-electron chi connectivity index (χ2n) is 5.35. The summed E-state index contributed by atoms with van der Waals surface area (Å²) in [6, 6.07) is 12.9. The molecule has 2 aromatic rings. The summed E-state index contributed by atoms with van der Waals surface area (Å²) in [4.78, 5) is 0. The summed E-state index contributed by atoms with van der Waals surface area (Å²) in [6.45, 7) is 1.91. The first-order valence-electron chi connectivity index (χ1n) is 6.67. The summed E-state index contributed by atoms with van der Waals surface area (Å²) in [5.41, 5.74) is 4.36. The van der Waals surface area contributed by atoms with Crippen molar-refractivity contribution in [1.82, 2.24) is 0 Å². The number of fused-ring (bicyclic) bond motifs is 1. The van der Waals surface area contributed by atoms with Crippen LogP contribution in [0.5, 0.6) is 0 Å². The molecule has 1 aliphatic rings. The fourth-order valence-corrected chi connectivity index (χ4v) is 2.94. The van der Waals surface area contributed by atoms with Crippen LogP contribution in [0, 0.1) is 12.7 Å². The van der Waals surface area contributed by atoms with E-state index in [9.17, 15) is 9.50 Å². The van der Waals surface area contributed by atoms with Gasteiger partial charge in [-0.3, -0.25) is 0 Å². The molecule has 0 bridgehead atoms. The van der Waals surface area contributed by atoms with E-state index < -0.39 is 6.10 Å². The van der Waals surface area contributed by atoms with Gasteiger partial charge in [-0.15, -0.1) is 0 Å². The topological polar surface area (TPSA) is 20.2 Å². The first-order chi connectivity index (χ1) is 9.15. The van der Waals surface area contributed by atoms with Gasteiger partial charge in [-0.05, 0) is 60.1 Å². The molecule has 0 aliphatic heterocycles. The lowest BCUT2D eigenvalue weighted by Gasteiger charge is -2.32. The predicted octanol–water partition coefficient (Wildman–Crippen LogP) is 3.90. The molecule has 2 unspecified atom stereocenters. The monoisotopic (exact) mass is 256 g/mol. The standard InChI is InChI=1S/C17H17FO/c1-11-6-7-14(18)10-16(11)17(19)9-13-8-12-4-2-3-5-15(12)13/h2-7,10,13,17,19H,8-9H2,1H3. The number of hydrogen-bond acceptors (Lipinski definition) is 1. The molecule has 0 heterocycles. The number of aliphatic hydroxyl groups excluding tert-OH is 1. The van der Waals surface area contributed by atoms with Crippen LogP contribution in [-0.2, 0) is 6.42 Å². The third kappa shape index (κ3) is 2.28. The minimum Gasteiger partial charge on any atom is -0.388 e. The molecule has 0 spiro atoms. The molecule has 98 valence electrons. The molecule has 0 saturated carbocycles. The van der Waals surface area contributed by atoms with Gasteiger partial charge in [0.15, 0.2) is 0 Å². The van der Waals surface area contributed by atoms with Gasteiger partial charge in [0, 0.05) is 0 Å². The molecule has 2 atom stereocenters. The van der Waals surface area contributed by atoms with Crippen LogP contribution >= 0.6 is 0 Å². The van der Waals surface area contributed by atoms with Gasteiger partial charge in [-0.2, -0.15) is 0 Å². The number of halogens is 1. The van der Waals surface area contributed by atoms with Gasteiger partial charge in [0.2, 0.25) is 0 Å². The number of benzene rings is 2. The Balaban J connectivity index is 1.76. The Kier molecular flexibility index (Phi) is 3.11. The second kappa shape index (κ2) is 4.78. The van der Waals surface area contributed by atoms with Gasteiger partial charge in [-0.25, -0.2) is 4.39 Å². The Bertz CT molecular complexity index is 606. The van der Waals surface area contributed by atoms with Gasteiger partial charge in [0.1, 0.15) is 5.82 Å². The molecule has 0 amide bonds. The molecule has 0 radical (unpaired) electrons. The van der Waals surface area contributed by atoms with Gasteiger partial charge in [0.05, 0.1) is 6.10 Å². The minimum absolute atomic E-state index is 0.284. The van der Waals surface area contributed by atoms with Crippen molar-refractivity contribution in [3.8, 4) is 0 Å². The molecule has 0 saturated heterocycles. The van der Waals surface area contributed by atoms with Crippen LogP contribution in [0.3, 0.4) is 0 Å². The zero-order valence-corrected chi connectivity index (χ0v) is 10.9. The second-order valence-corrected chi connectivity index (χ2v) is 5.35. The maximum Gasteiger partial charge on any atom is 0.123 e. The summed E-state index contributed by atoms with van der Waals surface area (Å²) in [6.07, 6.45) is 1.09. The van der Waals surface area contributed by atoms with E-state index in [0.717, 1.165) is 12.0 Å². The van der Waals surface area contributed by atoms with E-state index in [1.165, 1.54) is 23.3 Å². The summed E-state index contributed by atoms with van der Waals surface area (Å²) < 4.78 is 13.3. The molecule has 1 aliphatic carbocycles. The Morgan fingerprint density at radius 3 is 2.84 bits per heavy atom. The average molecular weight is 256 g/mol. The van der Waals surface area contributed by atoms with Crippen molar-refractivity contribution in [2.75, 3.05) is 0 Å². The van der Waals surface area contributed by atoms with Crippen molar-refractivity contribution in [3.63, 3.8) is 0 Å². The number of hydrogen-bond donors (Lipinski definition) is 1. The minimum atomic E-state index is -0.589. The molecular weight excluding hydrogens is 239 g/mol. The lowest BCUT2D eigenvalue weighted by atomic mass is 9.74. The van der Waals surface area contributed by atoms with Crippen LogP contribution in [-0.4, -0.2) is 5.11 Å². The van der Waals surface area contributed by atoms with Gasteiger partial charge < -0.3 is 5.11 Å². The number of rotatable bonds is 3. The van der Waals surface area contributed by atoms with Crippen molar-refractivity contribution in [3.05, 3.63) is 70.5 Å². The van der Waals surface area contributed by atoms with Crippen molar-refractivity contribution in [2.24, 2.45) is 0 Å². The van der Waals surface area contributed by atoms with Crippen LogP contribution in [0.25, 0.3) is 0 Å². The quantitative estimate of drug-likeness (QED) is 0.883. The van der Waals surface area contributed by atoms with Crippen LogP contribution in [0.15, 0.2) is 42.5 Å². The number of aliphatic hydroxyl groups is 1. The Hall–Kier alpha value is -1.67. The van der Waals surface area contributed by atoms with Gasteiger partial charge in [-0.1, -0.05) is 30.3 Å². The van der Waals surface area contributed by atoms with Gasteiger partial charge in [0.25, 0.3) is 0 Å². The highest BCUT2D eigenvalue weighted by atomic mass is 19.1. The molecule has 0 aromatic heterocycles. The SMILES string of the molecule is Cc1ccc(F)cc1C(O)CC1Cc2ccccc21. The molecule has 1 nitrogen and oxygen atoms in total. The van der Waals surface area contributed by atoms with Crippen LogP contribution in [0.2, 0.25) is 0 Å². The average Bonchev–Trinajstić information content (AvgIpc) is 2.38. The van der Waals surface area contributed by atoms with Crippen LogP contribution in [0.4, 0.5) is 4.39 Å². The Morgan fingerprint density at radius 1 is 1.26 bits per heavy atom. The smallest absolute Gasteiger partial charge is 0.123 e. The Labute approximate surface area is 112 Å². The van der Waals surface area contributed by atoms with E-state index in [4.69, 9.17) is 0 Å². The molecule has 1 N–H and O–H groups in total. The van der Waals surface area contributed by atoms with Crippen molar-refractivity contribution >= 4 is 0 Å². The maximum absolute atomic E-state index is 13.3. The molecule has 2 aromatic carbocycles. The predicted molar refractivity (Wildman–Crippen MR) is 73.6 cm³/mol. The fourth-order valence-electron chi connectivity index (χ4n) is 2.94. The summed E-state index contributed by atoms with van der Waals surface area (Å²) in [5.74, 6) is 0.113. The highest BCUT2D eigenvalue weighted by Crippen LogP contribution is 2.41. The molecular formula is C17H17FO. The van der Waals surface area contributed by atoms with E-state index in [-0.39, 0.29) is 5.82 Å². The van der Waals surface area contributed by atoms with E-state index in [1.807, 2.05) is 19.1 Å². The fraction of sp³-hybridized carbons (Fsp3) is 0.294. The maximum atomic E-state index is 13.3. The lowest BCUT2D eigenvalue weighted by Crippen LogP contribution is -2.19. The molecule has 3 rings (SSSR count). The zero-order valence-electron chi connectivity index (χ0n) is 10.9. The lowest BCUT2D eigenvalue weighted by molar-refractivity contribution is 0.152. The molecule has 19 heavy (non-hydrogen) atoms. The largest absolute Gasteiger partial charge is 0.388 e. The van der Waals surface area contributed by atoms with E-state index in [2.05, 4.69) is 12.1 Å². The van der Waals surface area contributed by atoms with E-state index >= 15 is 0 Å². The molecule has 0 fully saturated rings. The zero-order chi connectivity index (χ0) is 13.4. The third-order valence-corrected chi connectivity index (χ3v) is 4.07. The number of aryl methyl sites for hydroxylation is 1. The summed E-state index contributed by atoms with van der Waals surface area (Å²) in [5, 5.41) is 10.3. The van der Waals surface area contributed by atoms with Crippen molar-refractivity contribution < 1.29 is 9.50 Å². The first-order valence-corrected chi connectivity index (χ1v) is 6.67. The first kappa shape index (κ1) is 12.4. The van der Waals surface area contributed by atoms with Crippen molar-refractivity contribution in [1.29, 1.82) is 0 Å². The molecule has 2 heteroatoms. The highest BCUT2D eigenvalue weighted by Gasteiger charge is 2.28. The van der Waals surface area contributed by atoms with Gasteiger partial charge >= 0.3 is 0 Å². The normalized spacial score (nSPS) is 18.6. The highest BCUT2D eigenvalue weighted by molar-refractivity contribution is 5.40. The van der Waals surface area contributed by atoms with Crippen LogP contribution < -0.4 is 0 Å². The van der Waals surface area contributed by atoms with E-state index in [0.29, 0.717) is 17.9 Å². The van der Waals surface area contributed by atoms with E-state index in [1.54, 1.807) is 6.07 Å². The summed E-state index contributed by atoms with van der Waals surface area (Å²) in [7, 11) is 0. The Morgan fingerprint density at radius 2 is 2.05 bits per heavy atom. The summed E-state index contributed by atoms with van der Waals surface area (Å²) >= 11 is 0. The van der Waals surface area contributed by atoms with Crippen molar-refractivity contribution in [2.45, 2.75) is 31.8 Å². The third-order valence-electron chi connectivity index (χ3n) is 4.07. The van der Waals surface area contributed by atoms with Crippen LogP contribution in [0.1, 0.15) is 40.7 Å².